The van der Waals surface area contributed by atoms with Crippen molar-refractivity contribution >= 4 is 10.0 Å². The first kappa shape index (κ1) is 13.6. The fourth-order valence-electron chi connectivity index (χ4n) is 1.71. The van der Waals surface area contributed by atoms with E-state index in [2.05, 4.69) is 10.0 Å². The molecular formula is C12H15N3O3S. The van der Waals surface area contributed by atoms with Gasteiger partial charge in [-0.2, -0.15) is 0 Å². The lowest BCUT2D eigenvalue weighted by molar-refractivity contribution is 0.183. The monoisotopic (exact) mass is 281 g/mol. The van der Waals surface area contributed by atoms with Gasteiger partial charge in [0.2, 0.25) is 0 Å². The van der Waals surface area contributed by atoms with Crippen LogP contribution in [0.5, 0.6) is 0 Å². The molecule has 1 atom stereocenters. The Morgan fingerprint density at radius 1 is 1.37 bits per heavy atom. The number of aliphatic hydroxyl groups excluding tert-OH is 1. The van der Waals surface area contributed by atoms with Crippen molar-refractivity contribution in [2.45, 2.75) is 17.7 Å². The average Bonchev–Trinajstić information content (AvgIpc) is 2.41. The molecule has 6 nitrogen and oxygen atoms in total. The molecular weight excluding hydrogens is 266 g/mol. The molecule has 0 fully saturated rings. The Balaban J connectivity index is 2.33. The van der Waals surface area contributed by atoms with Crippen molar-refractivity contribution in [3.63, 3.8) is 0 Å². The van der Waals surface area contributed by atoms with Crippen LogP contribution in [0.25, 0.3) is 0 Å². The van der Waals surface area contributed by atoms with Gasteiger partial charge >= 0.3 is 0 Å². The molecule has 0 amide bonds. The third-order valence-corrected chi connectivity index (χ3v) is 4.14. The zero-order chi connectivity index (χ0) is 13.9. The minimum atomic E-state index is -3.77. The van der Waals surface area contributed by atoms with Crippen molar-refractivity contribution in [3.05, 3.63) is 53.9 Å². The molecule has 0 spiro atoms. The summed E-state index contributed by atoms with van der Waals surface area (Å²) in [6.45, 7) is 0.122. The van der Waals surface area contributed by atoms with Crippen molar-refractivity contribution in [1.82, 2.24) is 10.0 Å². The highest BCUT2D eigenvalue weighted by Crippen LogP contribution is 2.16. The Morgan fingerprint density at radius 3 is 2.79 bits per heavy atom. The molecule has 1 unspecified atom stereocenters. The Kier molecular flexibility index (Phi) is 3.89. The van der Waals surface area contributed by atoms with Crippen molar-refractivity contribution in [2.75, 3.05) is 0 Å². The first-order chi connectivity index (χ1) is 9.04. The molecule has 5 N–H and O–H groups in total. The van der Waals surface area contributed by atoms with Gasteiger partial charge in [-0.15, -0.1) is 0 Å². The summed E-state index contributed by atoms with van der Waals surface area (Å²) in [4.78, 5) is 0.111. The standard InChI is InChI=1S/C12H15N3O3S/c13-8-9-4-1-2-6-11(9)19(17,18)15-10-5-3-7-14-12(10)16/h1-7,12,14-16H,8,13H2. The van der Waals surface area contributed by atoms with Crippen LogP contribution in [-0.4, -0.2) is 19.8 Å². The summed E-state index contributed by atoms with van der Waals surface area (Å²) in [5, 5.41) is 12.2. The molecule has 0 aliphatic carbocycles. The molecule has 102 valence electrons. The topological polar surface area (TPSA) is 104 Å². The molecule has 1 aliphatic heterocycles. The van der Waals surface area contributed by atoms with E-state index < -0.39 is 16.3 Å². The average molecular weight is 281 g/mol. The fourth-order valence-corrected chi connectivity index (χ4v) is 3.07. The smallest absolute Gasteiger partial charge is 0.262 e. The molecule has 19 heavy (non-hydrogen) atoms. The number of hydrogen-bond acceptors (Lipinski definition) is 5. The summed E-state index contributed by atoms with van der Waals surface area (Å²) in [5.74, 6) is 0. The Hall–Kier alpha value is -1.83. The first-order valence-electron chi connectivity index (χ1n) is 5.66. The van der Waals surface area contributed by atoms with E-state index in [-0.39, 0.29) is 17.1 Å². The van der Waals surface area contributed by atoms with Crippen LogP contribution in [-0.2, 0) is 16.6 Å². The molecule has 1 heterocycles. The number of allylic oxidation sites excluding steroid dienone is 2. The normalized spacial score (nSPS) is 18.6. The maximum absolute atomic E-state index is 12.3. The van der Waals surface area contributed by atoms with Crippen molar-refractivity contribution in [3.8, 4) is 0 Å². The van der Waals surface area contributed by atoms with Crippen molar-refractivity contribution in [2.24, 2.45) is 5.73 Å². The number of dihydropyridines is 1. The second-order valence-corrected chi connectivity index (χ2v) is 5.62. The lowest BCUT2D eigenvalue weighted by Gasteiger charge is -2.20. The van der Waals surface area contributed by atoms with Crippen LogP contribution in [0.15, 0.2) is 53.2 Å². The fraction of sp³-hybridized carbons (Fsp3) is 0.167. The van der Waals surface area contributed by atoms with E-state index in [1.165, 1.54) is 18.3 Å². The van der Waals surface area contributed by atoms with Gasteiger partial charge in [-0.1, -0.05) is 18.2 Å². The first-order valence-corrected chi connectivity index (χ1v) is 7.14. The van der Waals surface area contributed by atoms with Crippen LogP contribution >= 0.6 is 0 Å². The number of nitrogens with one attached hydrogen (secondary N) is 2. The minimum Gasteiger partial charge on any atom is -0.368 e. The number of benzene rings is 1. The van der Waals surface area contributed by atoms with Gasteiger partial charge in [0.15, 0.2) is 6.23 Å². The third-order valence-electron chi connectivity index (χ3n) is 2.65. The maximum Gasteiger partial charge on any atom is 0.262 e. The Morgan fingerprint density at radius 2 is 2.11 bits per heavy atom. The van der Waals surface area contributed by atoms with E-state index in [1.54, 1.807) is 24.3 Å². The molecule has 0 aromatic heterocycles. The number of aliphatic hydroxyl groups is 1. The van der Waals surface area contributed by atoms with Crippen LogP contribution < -0.4 is 15.8 Å². The lowest BCUT2D eigenvalue weighted by Crippen LogP contribution is -2.38. The highest BCUT2D eigenvalue weighted by molar-refractivity contribution is 7.89. The van der Waals surface area contributed by atoms with E-state index in [9.17, 15) is 13.5 Å². The lowest BCUT2D eigenvalue weighted by atomic mass is 10.2. The summed E-state index contributed by atoms with van der Waals surface area (Å²) >= 11 is 0. The SMILES string of the molecule is NCc1ccccc1S(=O)(=O)NC1=CC=CNC1O. The van der Waals surface area contributed by atoms with E-state index in [0.29, 0.717) is 5.56 Å². The van der Waals surface area contributed by atoms with Gasteiger partial charge in [0.05, 0.1) is 10.6 Å². The van der Waals surface area contributed by atoms with Crippen LogP contribution in [0.1, 0.15) is 5.56 Å². The Labute approximate surface area is 111 Å². The minimum absolute atomic E-state index is 0.111. The zero-order valence-electron chi connectivity index (χ0n) is 10.1. The number of rotatable bonds is 4. The molecule has 7 heteroatoms. The molecule has 1 aromatic carbocycles. The highest BCUT2D eigenvalue weighted by atomic mass is 32.2. The second kappa shape index (κ2) is 5.43. The van der Waals surface area contributed by atoms with Gasteiger partial charge in [-0.25, -0.2) is 8.42 Å². The molecule has 1 aliphatic rings. The third kappa shape index (κ3) is 2.95. The number of nitrogens with two attached hydrogens (primary N) is 1. The predicted octanol–water partition coefficient (Wildman–Crippen LogP) is -0.257. The quantitative estimate of drug-likeness (QED) is 0.609. The molecule has 0 radical (unpaired) electrons. The summed E-state index contributed by atoms with van der Waals surface area (Å²) in [6, 6.07) is 6.47. The predicted molar refractivity (Wildman–Crippen MR) is 71.0 cm³/mol. The maximum atomic E-state index is 12.3. The summed E-state index contributed by atoms with van der Waals surface area (Å²) in [6.07, 6.45) is 3.53. The molecule has 0 bridgehead atoms. The van der Waals surface area contributed by atoms with E-state index in [4.69, 9.17) is 5.73 Å². The summed E-state index contributed by atoms with van der Waals surface area (Å²) < 4.78 is 26.9. The van der Waals surface area contributed by atoms with Gasteiger partial charge in [0, 0.05) is 6.54 Å². The molecule has 0 saturated heterocycles. The van der Waals surface area contributed by atoms with Gasteiger partial charge < -0.3 is 16.2 Å². The van der Waals surface area contributed by atoms with Crippen LogP contribution in [0.2, 0.25) is 0 Å². The van der Waals surface area contributed by atoms with E-state index >= 15 is 0 Å². The van der Waals surface area contributed by atoms with Crippen LogP contribution in [0, 0.1) is 0 Å². The van der Waals surface area contributed by atoms with Gasteiger partial charge in [0.25, 0.3) is 10.0 Å². The molecule has 1 aromatic rings. The summed E-state index contributed by atoms with van der Waals surface area (Å²) in [7, 11) is -3.77. The number of sulfonamides is 1. The van der Waals surface area contributed by atoms with Gasteiger partial charge in [0.1, 0.15) is 0 Å². The molecule has 0 saturated carbocycles. The van der Waals surface area contributed by atoms with Gasteiger partial charge in [-0.3, -0.25) is 4.72 Å². The second-order valence-electron chi connectivity index (χ2n) is 3.97. The Bertz CT molecular complexity index is 623. The summed E-state index contributed by atoms with van der Waals surface area (Å²) in [5.41, 5.74) is 6.21. The van der Waals surface area contributed by atoms with Crippen LogP contribution in [0.3, 0.4) is 0 Å². The van der Waals surface area contributed by atoms with Crippen molar-refractivity contribution in [1.29, 1.82) is 0 Å². The van der Waals surface area contributed by atoms with Crippen molar-refractivity contribution < 1.29 is 13.5 Å². The zero-order valence-corrected chi connectivity index (χ0v) is 10.9. The largest absolute Gasteiger partial charge is 0.368 e. The van der Waals surface area contributed by atoms with E-state index in [0.717, 1.165) is 0 Å². The highest BCUT2D eigenvalue weighted by Gasteiger charge is 2.22. The van der Waals surface area contributed by atoms with E-state index in [1.807, 2.05) is 0 Å². The number of hydrogen-bond donors (Lipinski definition) is 4. The van der Waals surface area contributed by atoms with Crippen LogP contribution in [0.4, 0.5) is 0 Å². The van der Waals surface area contributed by atoms with Gasteiger partial charge in [-0.05, 0) is 30.0 Å². The molecule has 2 rings (SSSR count).